The normalized spacial score (nSPS) is 26.9. The second kappa shape index (κ2) is 9.57. The van der Waals surface area contributed by atoms with Crippen LogP contribution in [-0.2, 0) is 30.3 Å². The van der Waals surface area contributed by atoms with Crippen molar-refractivity contribution in [1.29, 1.82) is 0 Å². The van der Waals surface area contributed by atoms with Gasteiger partial charge in [-0.2, -0.15) is 0 Å². The van der Waals surface area contributed by atoms with Crippen molar-refractivity contribution in [2.45, 2.75) is 23.2 Å². The molecular weight excluding hydrogens is 492 g/mol. The fourth-order valence-corrected chi connectivity index (χ4v) is 6.12. The number of carbonyl (C=O) groups excluding carboxylic acids is 2. The molecule has 0 saturated heterocycles. The molecule has 3 aromatic rings. The van der Waals surface area contributed by atoms with Crippen LogP contribution in [0, 0.1) is 5.92 Å². The Bertz CT molecular complexity index is 1340. The fourth-order valence-electron chi connectivity index (χ4n) is 6.12. The molecule has 198 valence electrons. The largest absolute Gasteiger partial charge is 0.497 e. The van der Waals surface area contributed by atoms with Crippen molar-refractivity contribution >= 4 is 12.4 Å². The van der Waals surface area contributed by atoms with Crippen LogP contribution in [0.5, 0.6) is 23.0 Å². The van der Waals surface area contributed by atoms with E-state index in [0.717, 1.165) is 0 Å². The summed E-state index contributed by atoms with van der Waals surface area (Å²) in [6.45, 7) is 0.221. The summed E-state index contributed by atoms with van der Waals surface area (Å²) >= 11 is 0. The quantitative estimate of drug-likeness (QED) is 0.353. The van der Waals surface area contributed by atoms with Crippen LogP contribution in [0.4, 0.5) is 0 Å². The highest BCUT2D eigenvalue weighted by molar-refractivity contribution is 5.79. The first-order chi connectivity index (χ1) is 18.4. The topological polar surface area (TPSA) is 110 Å². The molecule has 9 nitrogen and oxygen atoms in total. The molecule has 1 N–H and O–H groups in total. The van der Waals surface area contributed by atoms with Crippen LogP contribution in [0.2, 0.25) is 0 Å². The number of rotatable bonds is 8. The fraction of sp³-hybridized carbons (Fsp3) is 0.310. The molecule has 0 spiro atoms. The Balaban J connectivity index is 1.92. The predicted molar refractivity (Wildman–Crippen MR) is 134 cm³/mol. The third-order valence-electron chi connectivity index (χ3n) is 7.60. The molecule has 0 unspecified atom stereocenters. The summed E-state index contributed by atoms with van der Waals surface area (Å²) in [5.41, 5.74) is -2.31. The lowest BCUT2D eigenvalue weighted by Crippen LogP contribution is -2.52. The van der Waals surface area contributed by atoms with E-state index in [1.165, 1.54) is 21.3 Å². The average Bonchev–Trinajstić information content (AvgIpc) is 3.35. The number of methoxy groups -OCH3 is 4. The van der Waals surface area contributed by atoms with E-state index in [1.54, 1.807) is 43.5 Å². The number of hydrogen-bond acceptors (Lipinski definition) is 9. The minimum Gasteiger partial charge on any atom is -0.497 e. The summed E-state index contributed by atoms with van der Waals surface area (Å²) in [6.07, 6.45) is -1.40. The van der Waals surface area contributed by atoms with Crippen LogP contribution in [-0.4, -0.2) is 52.1 Å². The van der Waals surface area contributed by atoms with E-state index < -0.39 is 35.1 Å². The molecule has 1 saturated carbocycles. The molecule has 3 aromatic carbocycles. The zero-order chi connectivity index (χ0) is 27.1. The van der Waals surface area contributed by atoms with Crippen LogP contribution in [0.1, 0.15) is 22.6 Å². The first-order valence-electron chi connectivity index (χ1n) is 12.0. The lowest BCUT2D eigenvalue weighted by atomic mass is 9.70. The summed E-state index contributed by atoms with van der Waals surface area (Å²) in [7, 11) is 5.75. The second-order valence-corrected chi connectivity index (χ2v) is 9.13. The number of ether oxygens (including phenoxy) is 6. The van der Waals surface area contributed by atoms with Crippen LogP contribution in [0.3, 0.4) is 0 Å². The molecule has 38 heavy (non-hydrogen) atoms. The highest BCUT2D eigenvalue weighted by atomic mass is 16.6. The van der Waals surface area contributed by atoms with Crippen LogP contribution in [0.25, 0.3) is 0 Å². The Labute approximate surface area is 219 Å². The smallest absolute Gasteiger partial charge is 0.313 e. The van der Waals surface area contributed by atoms with Gasteiger partial charge in [0.15, 0.2) is 17.3 Å². The molecule has 0 radical (unpaired) electrons. The highest BCUT2D eigenvalue weighted by Gasteiger charge is 2.79. The Morgan fingerprint density at radius 3 is 2.18 bits per heavy atom. The van der Waals surface area contributed by atoms with E-state index in [4.69, 9.17) is 28.4 Å². The third-order valence-corrected chi connectivity index (χ3v) is 7.60. The lowest BCUT2D eigenvalue weighted by molar-refractivity contribution is -0.177. The highest BCUT2D eigenvalue weighted by Crippen LogP contribution is 2.71. The van der Waals surface area contributed by atoms with Crippen LogP contribution < -0.4 is 18.9 Å². The Hall–Kier alpha value is -4.24. The summed E-state index contributed by atoms with van der Waals surface area (Å²) in [5, 5.41) is 13.0. The van der Waals surface area contributed by atoms with E-state index in [-0.39, 0.29) is 23.5 Å². The minimum atomic E-state index is -2.09. The maximum absolute atomic E-state index is 13.4. The van der Waals surface area contributed by atoms with Crippen molar-refractivity contribution in [2.24, 2.45) is 5.92 Å². The van der Waals surface area contributed by atoms with Gasteiger partial charge in [-0.15, -0.1) is 0 Å². The van der Waals surface area contributed by atoms with Gasteiger partial charge in [0, 0.05) is 18.1 Å². The van der Waals surface area contributed by atoms with Crippen molar-refractivity contribution in [2.75, 3.05) is 28.4 Å². The van der Waals surface area contributed by atoms with Gasteiger partial charge in [0.1, 0.15) is 28.9 Å². The zero-order valence-corrected chi connectivity index (χ0v) is 21.4. The molecular formula is C29H28O9. The van der Waals surface area contributed by atoms with E-state index in [2.05, 4.69) is 0 Å². The zero-order valence-electron chi connectivity index (χ0n) is 21.4. The van der Waals surface area contributed by atoms with Gasteiger partial charge < -0.3 is 33.5 Å². The number of aliphatic hydroxyl groups is 1. The van der Waals surface area contributed by atoms with Gasteiger partial charge in [-0.3, -0.25) is 9.59 Å². The van der Waals surface area contributed by atoms with Crippen molar-refractivity contribution in [3.8, 4) is 23.0 Å². The summed E-state index contributed by atoms with van der Waals surface area (Å²) in [5.74, 6) is -1.13. The van der Waals surface area contributed by atoms with Gasteiger partial charge in [-0.05, 0) is 23.3 Å². The maximum atomic E-state index is 13.4. The Kier molecular flexibility index (Phi) is 6.40. The van der Waals surface area contributed by atoms with E-state index >= 15 is 0 Å². The van der Waals surface area contributed by atoms with Crippen LogP contribution >= 0.6 is 0 Å². The molecule has 5 atom stereocenters. The number of fused-ring (bicyclic) bond motifs is 3. The third kappa shape index (κ3) is 3.35. The van der Waals surface area contributed by atoms with Gasteiger partial charge in [0.05, 0.1) is 34.0 Å². The van der Waals surface area contributed by atoms with Gasteiger partial charge in [0.2, 0.25) is 0 Å². The molecule has 0 aromatic heterocycles. The van der Waals surface area contributed by atoms with Gasteiger partial charge in [0.25, 0.3) is 6.47 Å². The monoisotopic (exact) mass is 520 g/mol. The number of carbonyl (C=O) groups is 2. The summed E-state index contributed by atoms with van der Waals surface area (Å²) in [4.78, 5) is 25.3. The Morgan fingerprint density at radius 1 is 0.921 bits per heavy atom. The second-order valence-electron chi connectivity index (χ2n) is 9.13. The van der Waals surface area contributed by atoms with E-state index in [9.17, 15) is 14.7 Å². The number of benzene rings is 3. The SMILES string of the molecule is COC(=O)[C@H]1[C@@H](OC=O)[C@@]2(O)c3c(OC)cc(OC)cc3O[C@@]2(c2ccc(OC)cc2)[C@@H]1c1ccccc1. The predicted octanol–water partition coefficient (Wildman–Crippen LogP) is 3.32. The molecule has 1 heterocycles. The molecule has 1 aliphatic heterocycles. The number of esters is 1. The van der Waals surface area contributed by atoms with E-state index in [1.807, 2.05) is 30.3 Å². The van der Waals surface area contributed by atoms with Crippen molar-refractivity contribution in [3.63, 3.8) is 0 Å². The van der Waals surface area contributed by atoms with Crippen molar-refractivity contribution in [1.82, 2.24) is 0 Å². The van der Waals surface area contributed by atoms with Gasteiger partial charge in [-0.25, -0.2) is 0 Å². The minimum absolute atomic E-state index is 0.221. The van der Waals surface area contributed by atoms with Gasteiger partial charge >= 0.3 is 5.97 Å². The first-order valence-corrected chi connectivity index (χ1v) is 12.0. The Morgan fingerprint density at radius 2 is 1.61 bits per heavy atom. The lowest BCUT2D eigenvalue weighted by Gasteiger charge is -2.40. The van der Waals surface area contributed by atoms with E-state index in [0.29, 0.717) is 22.6 Å². The molecule has 0 amide bonds. The molecule has 5 rings (SSSR count). The molecule has 9 heteroatoms. The molecule has 1 fully saturated rings. The summed E-state index contributed by atoms with van der Waals surface area (Å²) < 4.78 is 34.1. The summed E-state index contributed by atoms with van der Waals surface area (Å²) in [6, 6.07) is 19.4. The maximum Gasteiger partial charge on any atom is 0.313 e. The molecule has 2 aliphatic rings. The standard InChI is InChI=1S/C29H28O9/c1-33-19-12-10-18(11-13-19)29-24(17-8-6-5-7-9-17)23(27(31)36-4)26(37-16-30)28(29,32)25-21(35-3)14-20(34-2)15-22(25)38-29/h5-16,23-24,26,32H,1-4H3/t23-,24-,26-,28+,29+/m1/s1. The van der Waals surface area contributed by atoms with Crippen molar-refractivity contribution in [3.05, 3.63) is 83.4 Å². The number of hydrogen-bond donors (Lipinski definition) is 1. The van der Waals surface area contributed by atoms with Crippen LogP contribution in [0.15, 0.2) is 66.7 Å². The van der Waals surface area contributed by atoms with Gasteiger partial charge in [-0.1, -0.05) is 42.5 Å². The van der Waals surface area contributed by atoms with Crippen molar-refractivity contribution < 1.29 is 43.1 Å². The average molecular weight is 521 g/mol. The first kappa shape index (κ1) is 25.4. The molecule has 1 aliphatic carbocycles. The molecule has 0 bridgehead atoms.